The Hall–Kier alpha value is -2.73. The van der Waals surface area contributed by atoms with Crippen LogP contribution in [0.25, 0.3) is 0 Å². The van der Waals surface area contributed by atoms with Gasteiger partial charge in [-0.25, -0.2) is 4.79 Å². The van der Waals surface area contributed by atoms with Gasteiger partial charge < -0.3 is 19.5 Å². The maximum absolute atomic E-state index is 12.5. The van der Waals surface area contributed by atoms with Crippen LogP contribution in [-0.2, 0) is 22.4 Å². The first-order valence-corrected chi connectivity index (χ1v) is 9.94. The average molecular weight is 418 g/mol. The monoisotopic (exact) mass is 417 g/mol. The fraction of sp³-hybridized carbons (Fsp3) is 0.364. The van der Waals surface area contributed by atoms with Crippen LogP contribution in [0.15, 0.2) is 30.3 Å². The second-order valence-electron chi connectivity index (χ2n) is 6.80. The van der Waals surface area contributed by atoms with Crippen molar-refractivity contribution >= 4 is 29.2 Å². The molecule has 2 aromatic rings. The molecule has 1 atom stereocenters. The first-order chi connectivity index (χ1) is 13.9. The highest BCUT2D eigenvalue weighted by Crippen LogP contribution is 2.36. The zero-order chi connectivity index (χ0) is 21.0. The van der Waals surface area contributed by atoms with Crippen LogP contribution >= 0.6 is 11.6 Å². The zero-order valence-electron chi connectivity index (χ0n) is 16.7. The second kappa shape index (κ2) is 9.18. The quantitative estimate of drug-likeness (QED) is 0.675. The van der Waals surface area contributed by atoms with Crippen molar-refractivity contribution in [2.24, 2.45) is 0 Å². The lowest BCUT2D eigenvalue weighted by atomic mass is 10.1. The molecule has 0 radical (unpaired) electrons. The van der Waals surface area contributed by atoms with E-state index in [4.69, 9.17) is 25.8 Å². The number of nitrogens with one attached hydrogen (secondary N) is 1. The third-order valence-electron chi connectivity index (χ3n) is 4.77. The second-order valence-corrected chi connectivity index (χ2v) is 7.20. The summed E-state index contributed by atoms with van der Waals surface area (Å²) in [5, 5.41) is 3.03. The molecule has 0 heterocycles. The SMILES string of the molecule is CCOc1c(Cl)cc(C(=O)O[C@H](C)C(=O)Nc2ccc3c(c2)CCC3)cc1OC. The molecule has 1 aliphatic rings. The number of carbonyl (C=O) groups is 2. The van der Waals surface area contributed by atoms with E-state index < -0.39 is 18.0 Å². The Kier molecular flexibility index (Phi) is 6.64. The number of rotatable bonds is 7. The number of hydrogen-bond acceptors (Lipinski definition) is 5. The van der Waals surface area contributed by atoms with Crippen molar-refractivity contribution in [2.45, 2.75) is 39.2 Å². The summed E-state index contributed by atoms with van der Waals surface area (Å²) in [6.45, 7) is 3.74. The van der Waals surface area contributed by atoms with Gasteiger partial charge in [-0.05, 0) is 68.5 Å². The summed E-state index contributed by atoms with van der Waals surface area (Å²) in [6, 6.07) is 8.79. The van der Waals surface area contributed by atoms with Crippen molar-refractivity contribution in [1.82, 2.24) is 0 Å². The van der Waals surface area contributed by atoms with E-state index in [1.165, 1.54) is 37.3 Å². The Balaban J connectivity index is 1.66. The molecule has 154 valence electrons. The molecule has 1 N–H and O–H groups in total. The first-order valence-electron chi connectivity index (χ1n) is 9.57. The average Bonchev–Trinajstić information content (AvgIpc) is 3.17. The Labute approximate surface area is 175 Å². The fourth-order valence-corrected chi connectivity index (χ4v) is 3.56. The number of halogens is 1. The lowest BCUT2D eigenvalue weighted by molar-refractivity contribution is -0.123. The first kappa shape index (κ1) is 21.0. The Morgan fingerprint density at radius 3 is 2.66 bits per heavy atom. The third-order valence-corrected chi connectivity index (χ3v) is 5.05. The Bertz CT molecular complexity index is 928. The summed E-state index contributed by atoms with van der Waals surface area (Å²) in [6.07, 6.45) is 2.25. The molecule has 1 amide bonds. The number of amides is 1. The molecule has 6 nitrogen and oxygen atoms in total. The number of fused-ring (bicyclic) bond motifs is 1. The molecule has 0 aromatic heterocycles. The van der Waals surface area contributed by atoms with Crippen molar-refractivity contribution in [3.05, 3.63) is 52.0 Å². The summed E-state index contributed by atoms with van der Waals surface area (Å²) >= 11 is 6.20. The molecule has 0 fully saturated rings. The molecule has 1 aliphatic carbocycles. The van der Waals surface area contributed by atoms with Crippen LogP contribution in [0.1, 0.15) is 41.8 Å². The Morgan fingerprint density at radius 1 is 1.17 bits per heavy atom. The minimum atomic E-state index is -0.980. The maximum atomic E-state index is 12.5. The lowest BCUT2D eigenvalue weighted by Gasteiger charge is -2.16. The smallest absolute Gasteiger partial charge is 0.339 e. The number of carbonyl (C=O) groups excluding carboxylic acids is 2. The van der Waals surface area contributed by atoms with E-state index >= 15 is 0 Å². The molecule has 7 heteroatoms. The number of hydrogen-bond donors (Lipinski definition) is 1. The topological polar surface area (TPSA) is 73.9 Å². The normalized spacial score (nSPS) is 13.4. The molecule has 3 rings (SSSR count). The van der Waals surface area contributed by atoms with Gasteiger partial charge in [-0.15, -0.1) is 0 Å². The molecule has 29 heavy (non-hydrogen) atoms. The van der Waals surface area contributed by atoms with Crippen LogP contribution in [0.3, 0.4) is 0 Å². The number of methoxy groups -OCH3 is 1. The number of anilines is 1. The predicted octanol–water partition coefficient (Wildman–Crippen LogP) is 4.42. The highest BCUT2D eigenvalue weighted by molar-refractivity contribution is 6.32. The van der Waals surface area contributed by atoms with E-state index in [0.29, 0.717) is 23.8 Å². The van der Waals surface area contributed by atoms with E-state index in [1.807, 2.05) is 25.1 Å². The maximum Gasteiger partial charge on any atom is 0.339 e. The third kappa shape index (κ3) is 4.82. The molecule has 2 aromatic carbocycles. The summed E-state index contributed by atoms with van der Waals surface area (Å²) in [5.74, 6) is -0.401. The van der Waals surface area contributed by atoms with Gasteiger partial charge in [0.05, 0.1) is 24.3 Å². The molecular formula is C22H24ClNO5. The van der Waals surface area contributed by atoms with Gasteiger partial charge in [-0.2, -0.15) is 0 Å². The fourth-order valence-electron chi connectivity index (χ4n) is 3.30. The van der Waals surface area contributed by atoms with Crippen LogP contribution < -0.4 is 14.8 Å². The Morgan fingerprint density at radius 2 is 1.93 bits per heavy atom. The summed E-state index contributed by atoms with van der Waals surface area (Å²) < 4.78 is 16.0. The minimum Gasteiger partial charge on any atom is -0.493 e. The lowest BCUT2D eigenvalue weighted by Crippen LogP contribution is -2.30. The van der Waals surface area contributed by atoms with Gasteiger partial charge in [0.25, 0.3) is 5.91 Å². The molecule has 0 saturated heterocycles. The van der Waals surface area contributed by atoms with Gasteiger partial charge in [-0.3, -0.25) is 4.79 Å². The van der Waals surface area contributed by atoms with E-state index in [2.05, 4.69) is 5.32 Å². The van der Waals surface area contributed by atoms with Crippen LogP contribution in [0, 0.1) is 0 Å². The number of ether oxygens (including phenoxy) is 3. The molecule has 0 aliphatic heterocycles. The zero-order valence-corrected chi connectivity index (χ0v) is 17.5. The molecule has 0 bridgehead atoms. The summed E-state index contributed by atoms with van der Waals surface area (Å²) in [7, 11) is 1.45. The van der Waals surface area contributed by atoms with Gasteiger partial charge in [0.2, 0.25) is 0 Å². The molecule has 0 saturated carbocycles. The van der Waals surface area contributed by atoms with Crippen LogP contribution in [0.4, 0.5) is 5.69 Å². The molecular weight excluding hydrogens is 394 g/mol. The van der Waals surface area contributed by atoms with Crippen molar-refractivity contribution in [2.75, 3.05) is 19.0 Å². The van der Waals surface area contributed by atoms with Crippen LogP contribution in [0.5, 0.6) is 11.5 Å². The number of benzene rings is 2. The van der Waals surface area contributed by atoms with Gasteiger partial charge in [0.1, 0.15) is 0 Å². The van der Waals surface area contributed by atoms with E-state index in [9.17, 15) is 9.59 Å². The van der Waals surface area contributed by atoms with Gasteiger partial charge in [0.15, 0.2) is 17.6 Å². The van der Waals surface area contributed by atoms with Gasteiger partial charge >= 0.3 is 5.97 Å². The van der Waals surface area contributed by atoms with E-state index in [-0.39, 0.29) is 10.6 Å². The number of esters is 1. The minimum absolute atomic E-state index is 0.174. The van der Waals surface area contributed by atoms with Crippen LogP contribution in [-0.4, -0.2) is 31.7 Å². The summed E-state index contributed by atoms with van der Waals surface area (Å²) in [5.41, 5.74) is 3.45. The highest BCUT2D eigenvalue weighted by Gasteiger charge is 2.22. The number of aryl methyl sites for hydroxylation is 2. The van der Waals surface area contributed by atoms with Crippen molar-refractivity contribution in [3.8, 4) is 11.5 Å². The molecule has 0 unspecified atom stereocenters. The standard InChI is InChI=1S/C22H24ClNO5/c1-4-28-20-18(23)11-16(12-19(20)27-3)22(26)29-13(2)21(25)24-17-9-8-14-6-5-7-15(14)10-17/h8-13H,4-7H2,1-3H3,(H,24,25)/t13-/m1/s1. The predicted molar refractivity (Wildman–Crippen MR) is 111 cm³/mol. The van der Waals surface area contributed by atoms with Crippen molar-refractivity contribution in [1.29, 1.82) is 0 Å². The summed E-state index contributed by atoms with van der Waals surface area (Å²) in [4.78, 5) is 24.9. The van der Waals surface area contributed by atoms with Crippen molar-refractivity contribution in [3.63, 3.8) is 0 Å². The van der Waals surface area contributed by atoms with Crippen molar-refractivity contribution < 1.29 is 23.8 Å². The van der Waals surface area contributed by atoms with Crippen LogP contribution in [0.2, 0.25) is 5.02 Å². The van der Waals surface area contributed by atoms with E-state index in [1.54, 1.807) is 0 Å². The largest absolute Gasteiger partial charge is 0.493 e. The molecule has 0 spiro atoms. The van der Waals surface area contributed by atoms with E-state index in [0.717, 1.165) is 19.3 Å². The highest BCUT2D eigenvalue weighted by atomic mass is 35.5. The van der Waals surface area contributed by atoms with Gasteiger partial charge in [-0.1, -0.05) is 17.7 Å². The van der Waals surface area contributed by atoms with Gasteiger partial charge in [0, 0.05) is 5.69 Å².